The molecule has 2 heterocycles. The van der Waals surface area contributed by atoms with Crippen LogP contribution in [-0.2, 0) is 4.79 Å². The van der Waals surface area contributed by atoms with E-state index in [1.54, 1.807) is 0 Å². The summed E-state index contributed by atoms with van der Waals surface area (Å²) in [6.07, 6.45) is 2.05. The van der Waals surface area contributed by atoms with Crippen LogP contribution >= 0.6 is 0 Å². The molecule has 0 atom stereocenters. The number of carboxylic acid groups (broad SMARTS) is 1. The molecule has 0 saturated heterocycles. The normalized spacial score (nSPS) is 10.7. The molecule has 0 radical (unpaired) electrons. The van der Waals surface area contributed by atoms with Crippen molar-refractivity contribution < 1.29 is 9.90 Å². The van der Waals surface area contributed by atoms with E-state index in [1.165, 1.54) is 0 Å². The summed E-state index contributed by atoms with van der Waals surface area (Å²) in [5.41, 5.74) is 3.91. The Bertz CT molecular complexity index is 560. The first kappa shape index (κ1) is 11.4. The average Bonchev–Trinajstić information content (AvgIpc) is 2.55. The number of fused-ring (bicyclic) bond motifs is 1. The molecule has 0 aliphatic carbocycles. The molecule has 0 bridgehead atoms. The van der Waals surface area contributed by atoms with Gasteiger partial charge in [-0.15, -0.1) is 0 Å². The van der Waals surface area contributed by atoms with Crippen molar-refractivity contribution in [2.45, 2.75) is 20.3 Å². The lowest BCUT2D eigenvalue weighted by molar-refractivity contribution is -0.136. The Balaban J connectivity index is 2.19. The van der Waals surface area contributed by atoms with Crippen LogP contribution in [-0.4, -0.2) is 27.0 Å². The number of aryl methyl sites for hydroxylation is 2. The van der Waals surface area contributed by atoms with Gasteiger partial charge in [-0.3, -0.25) is 4.79 Å². The van der Waals surface area contributed by atoms with Gasteiger partial charge in [0.15, 0.2) is 0 Å². The third kappa shape index (κ3) is 2.38. The molecule has 2 aromatic rings. The Morgan fingerprint density at radius 2 is 2.24 bits per heavy atom. The van der Waals surface area contributed by atoms with E-state index in [1.807, 2.05) is 36.6 Å². The number of nitrogens with one attached hydrogen (secondary N) is 1. The average molecular weight is 233 g/mol. The molecule has 2 N–H and O–H groups in total. The lowest BCUT2D eigenvalue weighted by Gasteiger charge is -2.05. The maximum atomic E-state index is 10.4. The van der Waals surface area contributed by atoms with Gasteiger partial charge in [0.2, 0.25) is 0 Å². The zero-order valence-corrected chi connectivity index (χ0v) is 9.90. The molecule has 0 saturated carbocycles. The Kier molecular flexibility index (Phi) is 2.99. The Morgan fingerprint density at radius 3 is 2.94 bits per heavy atom. The summed E-state index contributed by atoms with van der Waals surface area (Å²) >= 11 is 0. The molecule has 17 heavy (non-hydrogen) atoms. The van der Waals surface area contributed by atoms with Crippen LogP contribution in [0.1, 0.15) is 17.8 Å². The monoisotopic (exact) mass is 233 g/mol. The van der Waals surface area contributed by atoms with Gasteiger partial charge in [-0.25, -0.2) is 4.98 Å². The summed E-state index contributed by atoms with van der Waals surface area (Å²) < 4.78 is 2.00. The number of rotatable bonds is 4. The van der Waals surface area contributed by atoms with E-state index in [-0.39, 0.29) is 6.42 Å². The highest BCUT2D eigenvalue weighted by Crippen LogP contribution is 2.15. The minimum absolute atomic E-state index is 0.111. The maximum absolute atomic E-state index is 10.4. The molecular weight excluding hydrogens is 218 g/mol. The lowest BCUT2D eigenvalue weighted by atomic mass is 10.3. The van der Waals surface area contributed by atoms with Crippen molar-refractivity contribution in [1.82, 2.24) is 9.38 Å². The van der Waals surface area contributed by atoms with Gasteiger partial charge in [-0.2, -0.15) is 0 Å². The van der Waals surface area contributed by atoms with E-state index in [2.05, 4.69) is 10.3 Å². The van der Waals surface area contributed by atoms with E-state index < -0.39 is 5.97 Å². The molecular formula is C12H15N3O2. The van der Waals surface area contributed by atoms with Crippen LogP contribution in [0.2, 0.25) is 0 Å². The third-order valence-corrected chi connectivity index (χ3v) is 2.76. The van der Waals surface area contributed by atoms with Gasteiger partial charge >= 0.3 is 5.97 Å². The maximum Gasteiger partial charge on any atom is 0.305 e. The van der Waals surface area contributed by atoms with Gasteiger partial charge in [0.25, 0.3) is 0 Å². The van der Waals surface area contributed by atoms with Crippen molar-refractivity contribution >= 4 is 17.3 Å². The van der Waals surface area contributed by atoms with Crippen LogP contribution in [0.5, 0.6) is 0 Å². The quantitative estimate of drug-likeness (QED) is 0.845. The number of nitrogens with zero attached hydrogens (tertiary/aromatic N) is 2. The zero-order chi connectivity index (χ0) is 12.4. The summed E-state index contributed by atoms with van der Waals surface area (Å²) in [5.74, 6) is -0.798. The minimum atomic E-state index is -0.798. The first-order chi connectivity index (χ1) is 8.08. The fraction of sp³-hybridized carbons (Fsp3) is 0.333. The van der Waals surface area contributed by atoms with Crippen molar-refractivity contribution in [2.75, 3.05) is 11.9 Å². The van der Waals surface area contributed by atoms with Crippen molar-refractivity contribution in [3.05, 3.63) is 29.7 Å². The highest BCUT2D eigenvalue weighted by atomic mass is 16.4. The molecule has 2 aromatic heterocycles. The van der Waals surface area contributed by atoms with Crippen LogP contribution in [0.15, 0.2) is 18.3 Å². The van der Waals surface area contributed by atoms with Crippen molar-refractivity contribution in [1.29, 1.82) is 0 Å². The van der Waals surface area contributed by atoms with E-state index >= 15 is 0 Å². The van der Waals surface area contributed by atoms with Crippen LogP contribution in [0, 0.1) is 13.8 Å². The van der Waals surface area contributed by atoms with Crippen molar-refractivity contribution in [2.24, 2.45) is 0 Å². The third-order valence-electron chi connectivity index (χ3n) is 2.76. The summed E-state index contributed by atoms with van der Waals surface area (Å²) in [6.45, 7) is 4.41. The number of hydrogen-bond acceptors (Lipinski definition) is 3. The molecule has 0 aromatic carbocycles. The zero-order valence-electron chi connectivity index (χ0n) is 9.90. The lowest BCUT2D eigenvalue weighted by Crippen LogP contribution is -2.08. The molecule has 0 amide bonds. The highest BCUT2D eigenvalue weighted by molar-refractivity contribution is 5.67. The van der Waals surface area contributed by atoms with E-state index in [0.29, 0.717) is 6.54 Å². The predicted octanol–water partition coefficient (Wildman–Crippen LogP) is 1.84. The second kappa shape index (κ2) is 4.45. The Labute approximate surface area is 99.1 Å². The topological polar surface area (TPSA) is 66.6 Å². The van der Waals surface area contributed by atoms with Gasteiger partial charge in [-0.1, -0.05) is 0 Å². The molecule has 5 heteroatoms. The van der Waals surface area contributed by atoms with Crippen molar-refractivity contribution in [3.8, 4) is 0 Å². The van der Waals surface area contributed by atoms with Crippen LogP contribution in [0.3, 0.4) is 0 Å². The Hall–Kier alpha value is -2.04. The van der Waals surface area contributed by atoms with Gasteiger partial charge in [0, 0.05) is 18.4 Å². The molecule has 0 aliphatic rings. The van der Waals surface area contributed by atoms with Crippen molar-refractivity contribution in [3.63, 3.8) is 0 Å². The number of pyridine rings is 1. The predicted molar refractivity (Wildman–Crippen MR) is 65.4 cm³/mol. The summed E-state index contributed by atoms with van der Waals surface area (Å²) in [7, 11) is 0. The highest BCUT2D eigenvalue weighted by Gasteiger charge is 2.04. The smallest absolute Gasteiger partial charge is 0.305 e. The number of aliphatic carboxylic acids is 1. The van der Waals surface area contributed by atoms with Crippen LogP contribution < -0.4 is 5.32 Å². The van der Waals surface area contributed by atoms with Crippen LogP contribution in [0.25, 0.3) is 5.65 Å². The summed E-state index contributed by atoms with van der Waals surface area (Å²) in [6, 6.07) is 3.83. The van der Waals surface area contributed by atoms with Gasteiger partial charge in [0.1, 0.15) is 5.65 Å². The van der Waals surface area contributed by atoms with Crippen LogP contribution in [0.4, 0.5) is 5.69 Å². The second-order valence-electron chi connectivity index (χ2n) is 4.00. The van der Waals surface area contributed by atoms with Gasteiger partial charge in [-0.05, 0) is 26.0 Å². The summed E-state index contributed by atoms with van der Waals surface area (Å²) in [5, 5.41) is 11.6. The minimum Gasteiger partial charge on any atom is -0.481 e. The standard InChI is InChI=1S/C12H15N3O2/c1-8-9(2)15-7-10(3-4-11(15)14-8)13-6-5-12(16)17/h3-4,7,13H,5-6H2,1-2H3,(H,16,17). The van der Waals surface area contributed by atoms with Gasteiger partial charge < -0.3 is 14.8 Å². The van der Waals surface area contributed by atoms with Gasteiger partial charge in [0.05, 0.1) is 17.8 Å². The molecule has 5 nitrogen and oxygen atoms in total. The number of hydrogen-bond donors (Lipinski definition) is 2. The SMILES string of the molecule is Cc1nc2ccc(NCCC(=O)O)cn2c1C. The summed E-state index contributed by atoms with van der Waals surface area (Å²) in [4.78, 5) is 14.8. The van der Waals surface area contributed by atoms with E-state index in [0.717, 1.165) is 22.7 Å². The molecule has 90 valence electrons. The number of carboxylic acids is 1. The van der Waals surface area contributed by atoms with E-state index in [4.69, 9.17) is 5.11 Å². The first-order valence-corrected chi connectivity index (χ1v) is 5.49. The second-order valence-corrected chi connectivity index (χ2v) is 4.00. The molecule has 0 fully saturated rings. The number of anilines is 1. The first-order valence-electron chi connectivity index (χ1n) is 5.49. The number of aromatic nitrogens is 2. The fourth-order valence-electron chi connectivity index (χ4n) is 1.70. The Morgan fingerprint density at radius 1 is 1.47 bits per heavy atom. The van der Waals surface area contributed by atoms with E-state index in [9.17, 15) is 4.79 Å². The molecule has 0 aliphatic heterocycles. The molecule has 2 rings (SSSR count). The molecule has 0 unspecified atom stereocenters. The number of imidazole rings is 1. The molecule has 0 spiro atoms. The fourth-order valence-corrected chi connectivity index (χ4v) is 1.70. The largest absolute Gasteiger partial charge is 0.481 e. The number of carbonyl (C=O) groups is 1.